The first kappa shape index (κ1) is 16.1. The van der Waals surface area contributed by atoms with Crippen molar-refractivity contribution in [1.82, 2.24) is 10.3 Å². The standard InChI is InChI=1S/C18H21FN2O/c1-2-4-16(15-6-8-17(19)9-7-15)11-18(22)21-13-14-5-3-10-20-12-14/h3,5-10,12,16H,2,4,11,13H2,1H3,(H,21,22). The van der Waals surface area contributed by atoms with Gasteiger partial charge in [-0.2, -0.15) is 0 Å². The highest BCUT2D eigenvalue weighted by molar-refractivity contribution is 5.76. The average molecular weight is 300 g/mol. The Kier molecular flexibility index (Phi) is 6.07. The number of rotatable bonds is 7. The van der Waals surface area contributed by atoms with Crippen LogP contribution in [0.25, 0.3) is 0 Å². The predicted molar refractivity (Wildman–Crippen MR) is 84.7 cm³/mol. The Bertz CT molecular complexity index is 584. The fourth-order valence-corrected chi connectivity index (χ4v) is 2.47. The van der Waals surface area contributed by atoms with Gasteiger partial charge in [-0.1, -0.05) is 31.5 Å². The van der Waals surface area contributed by atoms with E-state index in [-0.39, 0.29) is 17.6 Å². The third kappa shape index (κ3) is 4.95. The van der Waals surface area contributed by atoms with Gasteiger partial charge in [-0.15, -0.1) is 0 Å². The summed E-state index contributed by atoms with van der Waals surface area (Å²) in [6.45, 7) is 2.57. The maximum absolute atomic E-state index is 13.0. The molecule has 0 aliphatic carbocycles. The van der Waals surface area contributed by atoms with Gasteiger partial charge in [0.25, 0.3) is 0 Å². The van der Waals surface area contributed by atoms with E-state index in [0.29, 0.717) is 13.0 Å². The Hall–Kier alpha value is -2.23. The highest BCUT2D eigenvalue weighted by Crippen LogP contribution is 2.25. The number of halogens is 1. The van der Waals surface area contributed by atoms with Crippen LogP contribution in [0, 0.1) is 5.82 Å². The molecule has 1 atom stereocenters. The van der Waals surface area contributed by atoms with Crippen molar-refractivity contribution in [3.8, 4) is 0 Å². The van der Waals surface area contributed by atoms with Gasteiger partial charge >= 0.3 is 0 Å². The molecule has 0 bridgehead atoms. The van der Waals surface area contributed by atoms with Crippen LogP contribution in [0.5, 0.6) is 0 Å². The van der Waals surface area contributed by atoms with Gasteiger partial charge in [0.15, 0.2) is 0 Å². The molecule has 0 fully saturated rings. The molecular weight excluding hydrogens is 279 g/mol. The van der Waals surface area contributed by atoms with Crippen LogP contribution in [0.3, 0.4) is 0 Å². The van der Waals surface area contributed by atoms with E-state index >= 15 is 0 Å². The van der Waals surface area contributed by atoms with E-state index in [4.69, 9.17) is 0 Å². The number of benzene rings is 1. The molecule has 2 rings (SSSR count). The molecule has 1 aromatic carbocycles. The lowest BCUT2D eigenvalue weighted by atomic mass is 9.91. The van der Waals surface area contributed by atoms with Crippen LogP contribution in [0.15, 0.2) is 48.8 Å². The van der Waals surface area contributed by atoms with Gasteiger partial charge in [-0.05, 0) is 41.7 Å². The first-order valence-electron chi connectivity index (χ1n) is 7.60. The van der Waals surface area contributed by atoms with E-state index in [2.05, 4.69) is 17.2 Å². The van der Waals surface area contributed by atoms with Crippen LogP contribution in [-0.2, 0) is 11.3 Å². The van der Waals surface area contributed by atoms with Crippen molar-refractivity contribution in [3.05, 3.63) is 65.7 Å². The summed E-state index contributed by atoms with van der Waals surface area (Å²) in [5.41, 5.74) is 1.99. The number of nitrogens with one attached hydrogen (secondary N) is 1. The van der Waals surface area contributed by atoms with E-state index in [1.54, 1.807) is 24.5 Å². The third-order valence-electron chi connectivity index (χ3n) is 3.62. The monoisotopic (exact) mass is 300 g/mol. The molecule has 1 amide bonds. The topological polar surface area (TPSA) is 42.0 Å². The quantitative estimate of drug-likeness (QED) is 0.845. The Morgan fingerprint density at radius 3 is 2.68 bits per heavy atom. The highest BCUT2D eigenvalue weighted by Gasteiger charge is 2.15. The fourth-order valence-electron chi connectivity index (χ4n) is 2.47. The Labute approximate surface area is 130 Å². The lowest BCUT2D eigenvalue weighted by Crippen LogP contribution is -2.24. The number of aromatic nitrogens is 1. The summed E-state index contributed by atoms with van der Waals surface area (Å²) in [5.74, 6) is -0.119. The molecular formula is C18H21FN2O. The molecule has 1 aromatic heterocycles. The Morgan fingerprint density at radius 2 is 2.05 bits per heavy atom. The van der Waals surface area contributed by atoms with Gasteiger partial charge in [-0.25, -0.2) is 4.39 Å². The summed E-state index contributed by atoms with van der Waals surface area (Å²) in [7, 11) is 0. The van der Waals surface area contributed by atoms with Crippen molar-refractivity contribution < 1.29 is 9.18 Å². The smallest absolute Gasteiger partial charge is 0.220 e. The van der Waals surface area contributed by atoms with Crippen molar-refractivity contribution in [2.75, 3.05) is 0 Å². The molecule has 0 aliphatic heterocycles. The van der Waals surface area contributed by atoms with Crippen LogP contribution in [0.4, 0.5) is 4.39 Å². The van der Waals surface area contributed by atoms with Gasteiger partial charge in [0.05, 0.1) is 0 Å². The summed E-state index contributed by atoms with van der Waals surface area (Å²) in [5, 5.41) is 2.92. The number of carbonyl (C=O) groups excluding carboxylic acids is 1. The van der Waals surface area contributed by atoms with Crippen LogP contribution in [0.2, 0.25) is 0 Å². The zero-order valence-corrected chi connectivity index (χ0v) is 12.8. The van der Waals surface area contributed by atoms with Gasteiger partial charge < -0.3 is 5.32 Å². The first-order chi connectivity index (χ1) is 10.7. The summed E-state index contributed by atoms with van der Waals surface area (Å²) in [4.78, 5) is 16.2. The van der Waals surface area contributed by atoms with Crippen molar-refractivity contribution in [2.24, 2.45) is 0 Å². The number of carbonyl (C=O) groups is 1. The minimum Gasteiger partial charge on any atom is -0.352 e. The highest BCUT2D eigenvalue weighted by atomic mass is 19.1. The normalized spacial score (nSPS) is 11.9. The van der Waals surface area contributed by atoms with Crippen LogP contribution in [0.1, 0.15) is 43.2 Å². The third-order valence-corrected chi connectivity index (χ3v) is 3.62. The maximum Gasteiger partial charge on any atom is 0.220 e. The van der Waals surface area contributed by atoms with Crippen LogP contribution in [-0.4, -0.2) is 10.9 Å². The minimum atomic E-state index is -0.250. The molecule has 3 nitrogen and oxygen atoms in total. The second kappa shape index (κ2) is 8.27. The zero-order valence-electron chi connectivity index (χ0n) is 12.8. The van der Waals surface area contributed by atoms with E-state index < -0.39 is 0 Å². The minimum absolute atomic E-state index is 0.00614. The van der Waals surface area contributed by atoms with Crippen molar-refractivity contribution in [2.45, 2.75) is 38.6 Å². The molecule has 0 radical (unpaired) electrons. The van der Waals surface area contributed by atoms with Gasteiger partial charge in [-0.3, -0.25) is 9.78 Å². The Morgan fingerprint density at radius 1 is 1.27 bits per heavy atom. The lowest BCUT2D eigenvalue weighted by molar-refractivity contribution is -0.121. The molecule has 1 N–H and O–H groups in total. The molecule has 2 aromatic rings. The average Bonchev–Trinajstić information content (AvgIpc) is 2.54. The van der Waals surface area contributed by atoms with E-state index in [1.165, 1.54) is 12.1 Å². The van der Waals surface area contributed by atoms with E-state index in [1.807, 2.05) is 12.1 Å². The summed E-state index contributed by atoms with van der Waals surface area (Å²) in [6.07, 6.45) is 5.75. The molecule has 22 heavy (non-hydrogen) atoms. The molecule has 116 valence electrons. The molecule has 1 unspecified atom stereocenters. The molecule has 4 heteroatoms. The summed E-state index contributed by atoms with van der Waals surface area (Å²) in [6, 6.07) is 10.2. The van der Waals surface area contributed by atoms with E-state index in [9.17, 15) is 9.18 Å². The van der Waals surface area contributed by atoms with Crippen LogP contribution < -0.4 is 5.32 Å². The molecule has 0 aliphatic rings. The van der Waals surface area contributed by atoms with Crippen molar-refractivity contribution in [1.29, 1.82) is 0 Å². The second-order valence-corrected chi connectivity index (χ2v) is 5.38. The zero-order chi connectivity index (χ0) is 15.8. The molecule has 0 saturated heterocycles. The number of hydrogen-bond acceptors (Lipinski definition) is 2. The molecule has 0 spiro atoms. The summed E-state index contributed by atoms with van der Waals surface area (Å²) < 4.78 is 13.0. The van der Waals surface area contributed by atoms with Gasteiger partial charge in [0.1, 0.15) is 5.82 Å². The number of pyridine rings is 1. The first-order valence-corrected chi connectivity index (χ1v) is 7.60. The molecule has 0 saturated carbocycles. The number of amides is 1. The van der Waals surface area contributed by atoms with Gasteiger partial charge in [0, 0.05) is 25.4 Å². The van der Waals surface area contributed by atoms with Crippen molar-refractivity contribution >= 4 is 5.91 Å². The van der Waals surface area contributed by atoms with E-state index in [0.717, 1.165) is 24.0 Å². The second-order valence-electron chi connectivity index (χ2n) is 5.38. The SMILES string of the molecule is CCCC(CC(=O)NCc1cccnc1)c1ccc(F)cc1. The van der Waals surface area contributed by atoms with Crippen molar-refractivity contribution in [3.63, 3.8) is 0 Å². The Balaban J connectivity index is 1.92. The molecule has 1 heterocycles. The van der Waals surface area contributed by atoms with Crippen LogP contribution >= 0.6 is 0 Å². The van der Waals surface area contributed by atoms with Gasteiger partial charge in [0.2, 0.25) is 5.91 Å². The largest absolute Gasteiger partial charge is 0.352 e. The fraction of sp³-hybridized carbons (Fsp3) is 0.333. The predicted octanol–water partition coefficient (Wildman–Crippen LogP) is 3.81. The summed E-state index contributed by atoms with van der Waals surface area (Å²) >= 11 is 0. The maximum atomic E-state index is 13.0. The lowest BCUT2D eigenvalue weighted by Gasteiger charge is -2.16. The number of hydrogen-bond donors (Lipinski definition) is 1. The number of nitrogens with zero attached hydrogens (tertiary/aromatic N) is 1.